The molecule has 4 heteroatoms. The first-order valence-corrected chi connectivity index (χ1v) is 9.01. The van der Waals surface area contributed by atoms with Crippen molar-refractivity contribution in [1.29, 1.82) is 0 Å². The Bertz CT molecular complexity index is 668. The van der Waals surface area contributed by atoms with Crippen LogP contribution in [0.1, 0.15) is 27.7 Å². The zero-order valence-electron chi connectivity index (χ0n) is 13.0. The van der Waals surface area contributed by atoms with Gasteiger partial charge in [-0.1, -0.05) is 43.6 Å². The Morgan fingerprint density at radius 2 is 1.76 bits per heavy atom. The Morgan fingerprint density at radius 3 is 2.33 bits per heavy atom. The lowest BCUT2D eigenvalue weighted by molar-refractivity contribution is 0.552. The van der Waals surface area contributed by atoms with Crippen molar-refractivity contribution in [3.63, 3.8) is 0 Å². The Balaban J connectivity index is 2.52. The average molecular weight is 368 g/mol. The van der Waals surface area contributed by atoms with Crippen LogP contribution in [0.3, 0.4) is 0 Å². The molecule has 114 valence electrons. The van der Waals surface area contributed by atoms with Crippen LogP contribution in [-0.4, -0.2) is 13.1 Å². The molecule has 0 radical (unpaired) electrons. The zero-order chi connectivity index (χ0) is 15.6. The van der Waals surface area contributed by atoms with Gasteiger partial charge in [0.05, 0.1) is 5.69 Å². The molecule has 1 heterocycles. The van der Waals surface area contributed by atoms with E-state index in [1.54, 1.807) is 11.3 Å². The van der Waals surface area contributed by atoms with Crippen molar-refractivity contribution in [2.24, 2.45) is 11.8 Å². The average Bonchev–Trinajstić information content (AvgIpc) is 2.38. The van der Waals surface area contributed by atoms with Gasteiger partial charge in [0.15, 0.2) is 0 Å². The normalized spacial score (nSPS) is 11.6. The number of nitrogens with zero attached hydrogens (tertiary/aromatic N) is 1. The second kappa shape index (κ2) is 6.93. The van der Waals surface area contributed by atoms with E-state index >= 15 is 0 Å². The number of halogens is 1. The molecule has 0 saturated carbocycles. The van der Waals surface area contributed by atoms with Gasteiger partial charge < -0.3 is 4.90 Å². The van der Waals surface area contributed by atoms with E-state index in [4.69, 9.17) is 0 Å². The third-order valence-corrected chi connectivity index (χ3v) is 4.67. The van der Waals surface area contributed by atoms with E-state index in [-0.39, 0.29) is 5.43 Å². The van der Waals surface area contributed by atoms with Crippen LogP contribution in [0.4, 0.5) is 5.69 Å². The predicted molar refractivity (Wildman–Crippen MR) is 97.7 cm³/mol. The minimum Gasteiger partial charge on any atom is -0.367 e. The first kappa shape index (κ1) is 16.5. The van der Waals surface area contributed by atoms with Crippen molar-refractivity contribution >= 4 is 43.0 Å². The number of rotatable bonds is 5. The van der Waals surface area contributed by atoms with Crippen molar-refractivity contribution in [3.05, 3.63) is 38.3 Å². The molecule has 0 aliphatic rings. The molecule has 0 spiro atoms. The summed E-state index contributed by atoms with van der Waals surface area (Å²) in [5.41, 5.74) is 0.986. The van der Waals surface area contributed by atoms with E-state index in [2.05, 4.69) is 48.5 Å². The summed E-state index contributed by atoms with van der Waals surface area (Å²) in [7, 11) is 0. The predicted octanol–water partition coefficient (Wildman–Crippen LogP) is 5.14. The highest BCUT2D eigenvalue weighted by molar-refractivity contribution is 9.10. The SMILES string of the molecule is CC(C)CN(CC(C)C)c1csc2ccc(Br)cc2c1=O. The maximum atomic E-state index is 12.8. The molecule has 21 heavy (non-hydrogen) atoms. The summed E-state index contributed by atoms with van der Waals surface area (Å²) in [6.45, 7) is 10.6. The molecule has 0 N–H and O–H groups in total. The summed E-state index contributed by atoms with van der Waals surface area (Å²) < 4.78 is 2.00. The molecule has 0 fully saturated rings. The monoisotopic (exact) mass is 367 g/mol. The van der Waals surface area contributed by atoms with Gasteiger partial charge in [-0.2, -0.15) is 0 Å². The third kappa shape index (κ3) is 4.07. The zero-order valence-corrected chi connectivity index (χ0v) is 15.4. The summed E-state index contributed by atoms with van der Waals surface area (Å²) in [5, 5.41) is 2.83. The molecule has 0 aliphatic carbocycles. The Morgan fingerprint density at radius 1 is 1.14 bits per heavy atom. The van der Waals surface area contributed by atoms with E-state index in [9.17, 15) is 4.79 Å². The van der Waals surface area contributed by atoms with Crippen LogP contribution < -0.4 is 10.3 Å². The van der Waals surface area contributed by atoms with Crippen molar-refractivity contribution in [1.82, 2.24) is 0 Å². The quantitative estimate of drug-likeness (QED) is 0.728. The summed E-state index contributed by atoms with van der Waals surface area (Å²) in [6, 6.07) is 5.92. The molecular formula is C17H22BrNOS. The Labute approximate surface area is 138 Å². The molecule has 0 amide bonds. The topological polar surface area (TPSA) is 20.3 Å². The largest absolute Gasteiger partial charge is 0.367 e. The van der Waals surface area contributed by atoms with Crippen molar-refractivity contribution in [3.8, 4) is 0 Å². The fourth-order valence-electron chi connectivity index (χ4n) is 2.46. The van der Waals surface area contributed by atoms with Crippen molar-refractivity contribution < 1.29 is 0 Å². The van der Waals surface area contributed by atoms with E-state index in [0.29, 0.717) is 11.8 Å². The highest BCUT2D eigenvalue weighted by Crippen LogP contribution is 2.25. The minimum atomic E-state index is 0.145. The lowest BCUT2D eigenvalue weighted by Crippen LogP contribution is -2.34. The van der Waals surface area contributed by atoms with Gasteiger partial charge in [0.2, 0.25) is 5.43 Å². The number of hydrogen-bond donors (Lipinski definition) is 0. The molecule has 0 atom stereocenters. The second-order valence-electron chi connectivity index (χ2n) is 6.28. The van der Waals surface area contributed by atoms with Crippen LogP contribution in [0, 0.1) is 11.8 Å². The first-order chi connectivity index (χ1) is 9.88. The summed E-state index contributed by atoms with van der Waals surface area (Å²) in [6.07, 6.45) is 0. The third-order valence-electron chi connectivity index (χ3n) is 3.23. The highest BCUT2D eigenvalue weighted by atomic mass is 79.9. The summed E-state index contributed by atoms with van der Waals surface area (Å²) in [5.74, 6) is 1.07. The van der Waals surface area contributed by atoms with E-state index < -0.39 is 0 Å². The first-order valence-electron chi connectivity index (χ1n) is 7.34. The molecule has 2 aromatic rings. The van der Waals surface area contributed by atoms with Crippen LogP contribution in [0.5, 0.6) is 0 Å². The lowest BCUT2D eigenvalue weighted by Gasteiger charge is -2.27. The van der Waals surface area contributed by atoms with Gasteiger partial charge in [0.1, 0.15) is 0 Å². The number of hydrogen-bond acceptors (Lipinski definition) is 3. The van der Waals surface area contributed by atoms with Gasteiger partial charge >= 0.3 is 0 Å². The number of anilines is 1. The molecule has 0 aliphatic heterocycles. The molecule has 2 rings (SSSR count). The molecule has 1 aromatic carbocycles. The van der Waals surface area contributed by atoms with Crippen molar-refractivity contribution in [2.75, 3.05) is 18.0 Å². The van der Waals surface area contributed by atoms with Gasteiger partial charge in [-0.05, 0) is 30.0 Å². The Hall–Kier alpha value is -0.870. The van der Waals surface area contributed by atoms with Gasteiger partial charge in [0, 0.05) is 33.0 Å². The van der Waals surface area contributed by atoms with E-state index in [1.165, 1.54) is 0 Å². The Kier molecular flexibility index (Phi) is 5.44. The van der Waals surface area contributed by atoms with Crippen LogP contribution in [0.25, 0.3) is 10.1 Å². The van der Waals surface area contributed by atoms with Crippen LogP contribution in [0.15, 0.2) is 32.8 Å². The summed E-state index contributed by atoms with van der Waals surface area (Å²) >= 11 is 5.11. The number of benzene rings is 1. The molecule has 0 saturated heterocycles. The maximum Gasteiger partial charge on any atom is 0.211 e. The molecule has 2 nitrogen and oxygen atoms in total. The fraction of sp³-hybridized carbons (Fsp3) is 0.471. The standard InChI is InChI=1S/C17H22BrNOS/c1-11(2)8-19(9-12(3)4)15-10-21-16-6-5-13(18)7-14(16)17(15)20/h5-7,10-12H,8-9H2,1-4H3. The van der Waals surface area contributed by atoms with Crippen LogP contribution in [-0.2, 0) is 0 Å². The fourth-order valence-corrected chi connectivity index (χ4v) is 3.75. The highest BCUT2D eigenvalue weighted by Gasteiger charge is 2.15. The van der Waals surface area contributed by atoms with Crippen LogP contribution in [0.2, 0.25) is 0 Å². The van der Waals surface area contributed by atoms with Gasteiger partial charge in [-0.3, -0.25) is 4.79 Å². The molecule has 0 bridgehead atoms. The van der Waals surface area contributed by atoms with E-state index in [1.807, 2.05) is 23.6 Å². The lowest BCUT2D eigenvalue weighted by atomic mass is 10.1. The maximum absolute atomic E-state index is 12.8. The van der Waals surface area contributed by atoms with Gasteiger partial charge in [-0.15, -0.1) is 11.3 Å². The minimum absolute atomic E-state index is 0.145. The van der Waals surface area contributed by atoms with Crippen molar-refractivity contribution in [2.45, 2.75) is 27.7 Å². The molecular weight excluding hydrogens is 346 g/mol. The smallest absolute Gasteiger partial charge is 0.211 e. The molecule has 0 unspecified atom stereocenters. The number of fused-ring (bicyclic) bond motifs is 1. The second-order valence-corrected chi connectivity index (χ2v) is 8.11. The molecule has 1 aromatic heterocycles. The van der Waals surface area contributed by atoms with Gasteiger partial charge in [0.25, 0.3) is 0 Å². The summed E-state index contributed by atoms with van der Waals surface area (Å²) in [4.78, 5) is 15.1. The van der Waals surface area contributed by atoms with Crippen LogP contribution >= 0.6 is 27.3 Å². The van der Waals surface area contributed by atoms with Gasteiger partial charge in [-0.25, -0.2) is 0 Å². The van der Waals surface area contributed by atoms with E-state index in [0.717, 1.165) is 33.3 Å².